The number of aromatic amines is 1. The molecule has 2 aromatic rings. The van der Waals surface area contributed by atoms with Crippen LogP contribution in [0.3, 0.4) is 0 Å². The Morgan fingerprint density at radius 2 is 2.18 bits per heavy atom. The average molecular weight is 234 g/mol. The summed E-state index contributed by atoms with van der Waals surface area (Å²) in [6.45, 7) is 0.963. The molecule has 0 saturated carbocycles. The monoisotopic (exact) mass is 234 g/mol. The molecule has 2 N–H and O–H groups in total. The van der Waals surface area contributed by atoms with E-state index in [2.05, 4.69) is 20.3 Å². The van der Waals surface area contributed by atoms with Crippen LogP contribution in [0.5, 0.6) is 0 Å². The molecule has 0 unspecified atom stereocenters. The van der Waals surface area contributed by atoms with E-state index in [1.54, 1.807) is 12.3 Å². The number of nitrogens with one attached hydrogen (secondary N) is 2. The molecule has 0 aromatic carbocycles. The van der Waals surface area contributed by atoms with Gasteiger partial charge in [-0.1, -0.05) is 0 Å². The lowest BCUT2D eigenvalue weighted by molar-refractivity contribution is 0.622. The predicted molar refractivity (Wildman–Crippen MR) is 64.0 cm³/mol. The average Bonchev–Trinajstić information content (AvgIpc) is 2.79. The standard InChI is InChI=1S/C12H15FN4/c1-14-6-2-3-12-16-8-11(17-12)10-5-4-9(13)7-15-10/h4-5,7-8,14H,2-3,6H2,1H3,(H,16,17). The van der Waals surface area contributed by atoms with Crippen molar-refractivity contribution < 1.29 is 4.39 Å². The number of rotatable bonds is 5. The highest BCUT2D eigenvalue weighted by Gasteiger charge is 2.04. The maximum atomic E-state index is 12.7. The van der Waals surface area contributed by atoms with Crippen molar-refractivity contribution in [2.45, 2.75) is 12.8 Å². The minimum absolute atomic E-state index is 0.331. The highest BCUT2D eigenvalue weighted by Crippen LogP contribution is 2.14. The molecule has 4 nitrogen and oxygen atoms in total. The summed E-state index contributed by atoms with van der Waals surface area (Å²) in [5, 5.41) is 3.09. The zero-order chi connectivity index (χ0) is 12.1. The van der Waals surface area contributed by atoms with Gasteiger partial charge in [0, 0.05) is 6.42 Å². The fourth-order valence-electron chi connectivity index (χ4n) is 1.59. The van der Waals surface area contributed by atoms with Crippen molar-refractivity contribution in [1.82, 2.24) is 20.3 Å². The van der Waals surface area contributed by atoms with E-state index >= 15 is 0 Å². The van der Waals surface area contributed by atoms with Gasteiger partial charge in [0.25, 0.3) is 0 Å². The summed E-state index contributed by atoms with van der Waals surface area (Å²) in [5.41, 5.74) is 1.53. The first kappa shape index (κ1) is 11.7. The quantitative estimate of drug-likeness (QED) is 0.775. The molecule has 0 amide bonds. The number of hydrogen-bond donors (Lipinski definition) is 2. The largest absolute Gasteiger partial charge is 0.341 e. The predicted octanol–water partition coefficient (Wildman–Crippen LogP) is 1.76. The van der Waals surface area contributed by atoms with Crippen molar-refractivity contribution in [2.75, 3.05) is 13.6 Å². The lowest BCUT2D eigenvalue weighted by atomic mass is 10.3. The van der Waals surface area contributed by atoms with Gasteiger partial charge in [-0.3, -0.25) is 4.98 Å². The number of nitrogens with zero attached hydrogens (tertiary/aromatic N) is 2. The fourth-order valence-corrected chi connectivity index (χ4v) is 1.59. The molecule has 0 aliphatic carbocycles. The van der Waals surface area contributed by atoms with Gasteiger partial charge >= 0.3 is 0 Å². The van der Waals surface area contributed by atoms with Crippen LogP contribution in [0.15, 0.2) is 24.5 Å². The van der Waals surface area contributed by atoms with Gasteiger partial charge < -0.3 is 10.3 Å². The van der Waals surface area contributed by atoms with Crippen molar-refractivity contribution in [3.05, 3.63) is 36.2 Å². The number of hydrogen-bond acceptors (Lipinski definition) is 3. The Labute approximate surface area is 99.3 Å². The summed E-state index contributed by atoms with van der Waals surface area (Å²) < 4.78 is 12.7. The van der Waals surface area contributed by atoms with Crippen LogP contribution in [0.4, 0.5) is 4.39 Å². The first-order valence-electron chi connectivity index (χ1n) is 5.60. The molecule has 2 aromatic heterocycles. The number of halogens is 1. The van der Waals surface area contributed by atoms with Crippen molar-refractivity contribution >= 4 is 0 Å². The van der Waals surface area contributed by atoms with Crippen LogP contribution in [0, 0.1) is 5.82 Å². The van der Waals surface area contributed by atoms with Gasteiger partial charge in [0.1, 0.15) is 11.6 Å². The Hall–Kier alpha value is -1.75. The molecular formula is C12H15FN4. The molecule has 0 bridgehead atoms. The van der Waals surface area contributed by atoms with Crippen molar-refractivity contribution in [3.8, 4) is 11.4 Å². The van der Waals surface area contributed by atoms with E-state index in [1.807, 2.05) is 7.05 Å². The molecule has 2 rings (SSSR count). The van der Waals surface area contributed by atoms with Gasteiger partial charge in [-0.05, 0) is 32.1 Å². The number of imidazole rings is 1. The van der Waals surface area contributed by atoms with Gasteiger partial charge in [0.15, 0.2) is 0 Å². The van der Waals surface area contributed by atoms with E-state index in [9.17, 15) is 4.39 Å². The summed E-state index contributed by atoms with van der Waals surface area (Å²) in [6.07, 6.45) is 4.86. The number of aromatic nitrogens is 3. The highest BCUT2D eigenvalue weighted by atomic mass is 19.1. The van der Waals surface area contributed by atoms with Crippen LogP contribution in [0.1, 0.15) is 12.2 Å². The molecule has 17 heavy (non-hydrogen) atoms. The lowest BCUT2D eigenvalue weighted by Crippen LogP contribution is -2.08. The van der Waals surface area contributed by atoms with E-state index < -0.39 is 0 Å². The highest BCUT2D eigenvalue weighted by molar-refractivity contribution is 5.52. The van der Waals surface area contributed by atoms with Crippen molar-refractivity contribution in [2.24, 2.45) is 0 Å². The maximum Gasteiger partial charge on any atom is 0.141 e. The molecule has 0 atom stereocenters. The molecule has 0 aliphatic heterocycles. The van der Waals surface area contributed by atoms with E-state index in [1.165, 1.54) is 12.3 Å². The Bertz CT molecular complexity index is 464. The van der Waals surface area contributed by atoms with Gasteiger partial charge in [-0.15, -0.1) is 0 Å². The molecule has 0 aliphatic rings. The molecule has 2 heterocycles. The summed E-state index contributed by atoms with van der Waals surface area (Å²) in [6, 6.07) is 3.03. The van der Waals surface area contributed by atoms with Crippen molar-refractivity contribution in [1.29, 1.82) is 0 Å². The summed E-state index contributed by atoms with van der Waals surface area (Å²) in [4.78, 5) is 11.5. The van der Waals surface area contributed by atoms with E-state index in [0.717, 1.165) is 30.9 Å². The van der Waals surface area contributed by atoms with Gasteiger partial charge in [0.2, 0.25) is 0 Å². The molecule has 0 radical (unpaired) electrons. The SMILES string of the molecule is CNCCCc1ncc(-c2ccc(F)cn2)[nH]1. The Kier molecular flexibility index (Phi) is 3.82. The Morgan fingerprint density at radius 3 is 2.88 bits per heavy atom. The second-order valence-electron chi connectivity index (χ2n) is 3.81. The topological polar surface area (TPSA) is 53.6 Å². The van der Waals surface area contributed by atoms with Crippen LogP contribution < -0.4 is 5.32 Å². The molecule has 0 fully saturated rings. The molecule has 0 saturated heterocycles. The number of pyridine rings is 1. The van der Waals surface area contributed by atoms with Crippen LogP contribution in [0.2, 0.25) is 0 Å². The molecule has 0 spiro atoms. The molecule has 5 heteroatoms. The molecule has 90 valence electrons. The van der Waals surface area contributed by atoms with E-state index in [4.69, 9.17) is 0 Å². The number of aryl methyl sites for hydroxylation is 1. The van der Waals surface area contributed by atoms with Crippen LogP contribution in [-0.4, -0.2) is 28.5 Å². The Morgan fingerprint density at radius 1 is 1.29 bits per heavy atom. The van der Waals surface area contributed by atoms with Gasteiger partial charge in [-0.25, -0.2) is 9.37 Å². The first-order chi connectivity index (χ1) is 8.29. The normalized spacial score (nSPS) is 10.7. The second-order valence-corrected chi connectivity index (χ2v) is 3.81. The second kappa shape index (κ2) is 5.54. The third-order valence-electron chi connectivity index (χ3n) is 2.47. The summed E-state index contributed by atoms with van der Waals surface area (Å²) >= 11 is 0. The third-order valence-corrected chi connectivity index (χ3v) is 2.47. The number of H-pyrrole nitrogens is 1. The summed E-state index contributed by atoms with van der Waals surface area (Å²) in [5.74, 6) is 0.601. The fraction of sp³-hybridized carbons (Fsp3) is 0.333. The lowest BCUT2D eigenvalue weighted by Gasteiger charge is -1.97. The minimum Gasteiger partial charge on any atom is -0.341 e. The first-order valence-corrected chi connectivity index (χ1v) is 5.60. The third kappa shape index (κ3) is 3.10. The van der Waals surface area contributed by atoms with Crippen LogP contribution in [-0.2, 0) is 6.42 Å². The van der Waals surface area contributed by atoms with Gasteiger partial charge in [0.05, 0.1) is 23.8 Å². The van der Waals surface area contributed by atoms with Crippen LogP contribution in [0.25, 0.3) is 11.4 Å². The zero-order valence-electron chi connectivity index (χ0n) is 9.70. The molecular weight excluding hydrogens is 219 g/mol. The summed E-state index contributed by atoms with van der Waals surface area (Å²) in [7, 11) is 1.93. The minimum atomic E-state index is -0.331. The van der Waals surface area contributed by atoms with Gasteiger partial charge in [-0.2, -0.15) is 0 Å². The van der Waals surface area contributed by atoms with Crippen molar-refractivity contribution in [3.63, 3.8) is 0 Å². The maximum absolute atomic E-state index is 12.7. The smallest absolute Gasteiger partial charge is 0.141 e. The Balaban J connectivity index is 2.04. The van der Waals surface area contributed by atoms with E-state index in [0.29, 0.717) is 5.69 Å². The van der Waals surface area contributed by atoms with Crippen LogP contribution >= 0.6 is 0 Å². The van der Waals surface area contributed by atoms with E-state index in [-0.39, 0.29) is 5.82 Å². The zero-order valence-corrected chi connectivity index (χ0v) is 9.70.